The molecule has 0 radical (unpaired) electrons. The van der Waals surface area contributed by atoms with Crippen LogP contribution in [0.3, 0.4) is 0 Å². The van der Waals surface area contributed by atoms with Crippen LogP contribution in [0.4, 0.5) is 0 Å². The van der Waals surface area contributed by atoms with Crippen molar-refractivity contribution < 1.29 is 9.53 Å². The third kappa shape index (κ3) is 5.09. The van der Waals surface area contributed by atoms with Crippen molar-refractivity contribution in [2.24, 2.45) is 0 Å². The summed E-state index contributed by atoms with van der Waals surface area (Å²) in [6, 6.07) is 0.0271. The number of nitrogens with one attached hydrogen (secondary N) is 1. The van der Waals surface area contributed by atoms with Crippen molar-refractivity contribution in [1.82, 2.24) is 15.1 Å². The Balaban J connectivity index is 2.34. The molecule has 0 aromatic heterocycles. The van der Waals surface area contributed by atoms with Crippen molar-refractivity contribution >= 4 is 5.91 Å². The van der Waals surface area contributed by atoms with Crippen LogP contribution in [0.1, 0.15) is 33.1 Å². The van der Waals surface area contributed by atoms with Crippen LogP contribution in [0.2, 0.25) is 0 Å². The average molecular weight is 271 g/mol. The third-order valence-electron chi connectivity index (χ3n) is 3.74. The molecule has 1 rings (SSSR count). The zero-order valence-corrected chi connectivity index (χ0v) is 12.8. The van der Waals surface area contributed by atoms with Gasteiger partial charge in [0, 0.05) is 26.7 Å². The fourth-order valence-electron chi connectivity index (χ4n) is 2.40. The van der Waals surface area contributed by atoms with Crippen LogP contribution in [0, 0.1) is 0 Å². The number of amides is 1. The van der Waals surface area contributed by atoms with Crippen molar-refractivity contribution in [1.29, 1.82) is 0 Å². The highest BCUT2D eigenvalue weighted by atomic mass is 16.5. The molecule has 5 nitrogen and oxygen atoms in total. The maximum Gasteiger partial charge on any atom is 0.241 e. The number of likely N-dealkylation sites (N-methyl/N-ethyl adjacent to an activating group) is 1. The van der Waals surface area contributed by atoms with E-state index in [0.29, 0.717) is 0 Å². The van der Waals surface area contributed by atoms with Crippen molar-refractivity contribution in [2.45, 2.75) is 45.3 Å². The Bertz CT molecular complexity index is 273. The van der Waals surface area contributed by atoms with Gasteiger partial charge in [-0.1, -0.05) is 19.8 Å². The normalized spacial score (nSPS) is 23.6. The highest BCUT2D eigenvalue weighted by molar-refractivity contribution is 5.84. The lowest BCUT2D eigenvalue weighted by Gasteiger charge is -2.24. The second-order valence-electron chi connectivity index (χ2n) is 5.37. The molecule has 0 bridgehead atoms. The SMILES string of the molecule is CCCCC1NC(C)N(CCN(C)CCOC)C1=O. The van der Waals surface area contributed by atoms with E-state index in [1.54, 1.807) is 7.11 Å². The minimum Gasteiger partial charge on any atom is -0.383 e. The fourth-order valence-corrected chi connectivity index (χ4v) is 2.40. The number of carbonyl (C=O) groups excluding carboxylic acids is 1. The predicted molar refractivity (Wildman–Crippen MR) is 77.0 cm³/mol. The van der Waals surface area contributed by atoms with Gasteiger partial charge in [-0.15, -0.1) is 0 Å². The summed E-state index contributed by atoms with van der Waals surface area (Å²) in [7, 11) is 3.77. The number of nitrogens with zero attached hydrogens (tertiary/aromatic N) is 2. The topological polar surface area (TPSA) is 44.8 Å². The molecule has 2 atom stereocenters. The molecule has 0 aromatic carbocycles. The van der Waals surface area contributed by atoms with Gasteiger partial charge < -0.3 is 14.5 Å². The predicted octanol–water partition coefficient (Wildman–Crippen LogP) is 0.901. The van der Waals surface area contributed by atoms with E-state index in [2.05, 4.69) is 31.1 Å². The van der Waals surface area contributed by atoms with Gasteiger partial charge in [-0.25, -0.2) is 0 Å². The Morgan fingerprint density at radius 3 is 2.79 bits per heavy atom. The highest BCUT2D eigenvalue weighted by Gasteiger charge is 2.35. The first-order chi connectivity index (χ1) is 9.10. The number of rotatable bonds is 9. The van der Waals surface area contributed by atoms with E-state index in [1.807, 2.05) is 4.90 Å². The Hall–Kier alpha value is -0.650. The number of ether oxygens (including phenoxy) is 1. The van der Waals surface area contributed by atoms with E-state index in [-0.39, 0.29) is 18.1 Å². The van der Waals surface area contributed by atoms with Crippen molar-refractivity contribution in [3.05, 3.63) is 0 Å². The van der Waals surface area contributed by atoms with Crippen molar-refractivity contribution in [2.75, 3.05) is 40.4 Å². The Kier molecular flexibility index (Phi) is 7.34. The summed E-state index contributed by atoms with van der Waals surface area (Å²) in [5.41, 5.74) is 0. The van der Waals surface area contributed by atoms with Crippen LogP contribution < -0.4 is 5.32 Å². The quantitative estimate of drug-likeness (QED) is 0.677. The standard InChI is InChI=1S/C14H29N3O2/c1-5-6-7-13-14(18)17(12(2)15-13)9-8-16(3)10-11-19-4/h12-13,15H,5-11H2,1-4H3. The minimum absolute atomic E-state index is 0.0271. The molecule has 1 heterocycles. The van der Waals surface area contributed by atoms with Gasteiger partial charge in [0.15, 0.2) is 0 Å². The van der Waals surface area contributed by atoms with Gasteiger partial charge in [0.05, 0.1) is 18.8 Å². The molecule has 1 fully saturated rings. The molecular formula is C14H29N3O2. The molecule has 1 saturated heterocycles. The zero-order chi connectivity index (χ0) is 14.3. The second kappa shape index (κ2) is 8.51. The first-order valence-corrected chi connectivity index (χ1v) is 7.34. The summed E-state index contributed by atoms with van der Waals surface area (Å²) in [6.07, 6.45) is 3.36. The Labute approximate surface area is 117 Å². The lowest BCUT2D eigenvalue weighted by atomic mass is 10.1. The Morgan fingerprint density at radius 2 is 2.16 bits per heavy atom. The molecule has 0 aliphatic carbocycles. The smallest absolute Gasteiger partial charge is 0.241 e. The maximum absolute atomic E-state index is 12.3. The average Bonchev–Trinajstić information content (AvgIpc) is 2.66. The minimum atomic E-state index is 0.0271. The van der Waals surface area contributed by atoms with Crippen molar-refractivity contribution in [3.8, 4) is 0 Å². The van der Waals surface area contributed by atoms with Crippen LogP contribution in [0.5, 0.6) is 0 Å². The van der Waals surface area contributed by atoms with Gasteiger partial charge in [-0.3, -0.25) is 10.1 Å². The van der Waals surface area contributed by atoms with Crippen molar-refractivity contribution in [3.63, 3.8) is 0 Å². The van der Waals surface area contributed by atoms with Crippen LogP contribution in [-0.4, -0.2) is 68.3 Å². The van der Waals surface area contributed by atoms with Gasteiger partial charge in [0.2, 0.25) is 5.91 Å². The second-order valence-corrected chi connectivity index (χ2v) is 5.37. The Morgan fingerprint density at radius 1 is 1.42 bits per heavy atom. The summed E-state index contributed by atoms with van der Waals surface area (Å²) < 4.78 is 5.05. The van der Waals surface area contributed by atoms with E-state index >= 15 is 0 Å². The summed E-state index contributed by atoms with van der Waals surface area (Å²) in [5, 5.41) is 3.39. The summed E-state index contributed by atoms with van der Waals surface area (Å²) in [6.45, 7) is 7.54. The monoisotopic (exact) mass is 271 g/mol. The summed E-state index contributed by atoms with van der Waals surface area (Å²) in [5.74, 6) is 0.265. The van der Waals surface area contributed by atoms with E-state index in [9.17, 15) is 4.79 Å². The van der Waals surface area contributed by atoms with Gasteiger partial charge >= 0.3 is 0 Å². The highest BCUT2D eigenvalue weighted by Crippen LogP contribution is 2.14. The number of hydrogen-bond donors (Lipinski definition) is 1. The van der Waals surface area contributed by atoms with E-state index in [4.69, 9.17) is 4.74 Å². The zero-order valence-electron chi connectivity index (χ0n) is 12.8. The lowest BCUT2D eigenvalue weighted by molar-refractivity contribution is -0.130. The molecular weight excluding hydrogens is 242 g/mol. The molecule has 1 aliphatic heterocycles. The first-order valence-electron chi connectivity index (χ1n) is 7.34. The largest absolute Gasteiger partial charge is 0.383 e. The molecule has 5 heteroatoms. The number of methoxy groups -OCH3 is 1. The van der Waals surface area contributed by atoms with Crippen LogP contribution in [0.25, 0.3) is 0 Å². The molecule has 2 unspecified atom stereocenters. The maximum atomic E-state index is 12.3. The van der Waals surface area contributed by atoms with Gasteiger partial charge in [0.25, 0.3) is 0 Å². The molecule has 0 spiro atoms. The van der Waals surface area contributed by atoms with Gasteiger partial charge in [-0.2, -0.15) is 0 Å². The molecule has 0 aromatic rings. The molecule has 112 valence electrons. The van der Waals surface area contributed by atoms with E-state index in [0.717, 1.165) is 45.5 Å². The van der Waals surface area contributed by atoms with Gasteiger partial charge in [0.1, 0.15) is 0 Å². The van der Waals surface area contributed by atoms with Crippen LogP contribution >= 0.6 is 0 Å². The lowest BCUT2D eigenvalue weighted by Crippen LogP contribution is -2.40. The third-order valence-corrected chi connectivity index (χ3v) is 3.74. The van der Waals surface area contributed by atoms with E-state index < -0.39 is 0 Å². The van der Waals surface area contributed by atoms with Crippen LogP contribution in [-0.2, 0) is 9.53 Å². The van der Waals surface area contributed by atoms with E-state index in [1.165, 1.54) is 0 Å². The molecule has 1 aliphatic rings. The van der Waals surface area contributed by atoms with Gasteiger partial charge in [-0.05, 0) is 20.4 Å². The summed E-state index contributed by atoms with van der Waals surface area (Å²) >= 11 is 0. The first kappa shape index (κ1) is 16.4. The molecule has 0 saturated carbocycles. The molecule has 1 N–H and O–H groups in total. The molecule has 19 heavy (non-hydrogen) atoms. The number of hydrogen-bond acceptors (Lipinski definition) is 4. The van der Waals surface area contributed by atoms with Crippen LogP contribution in [0.15, 0.2) is 0 Å². The fraction of sp³-hybridized carbons (Fsp3) is 0.929. The summed E-state index contributed by atoms with van der Waals surface area (Å²) in [4.78, 5) is 16.4. The molecule has 1 amide bonds. The number of carbonyl (C=O) groups is 1. The number of unbranched alkanes of at least 4 members (excludes halogenated alkanes) is 1.